The van der Waals surface area contributed by atoms with E-state index in [0.29, 0.717) is 5.75 Å². The van der Waals surface area contributed by atoms with E-state index >= 15 is 0 Å². The number of para-hydroxylation sites is 1. The van der Waals surface area contributed by atoms with Gasteiger partial charge in [-0.2, -0.15) is 0 Å². The third kappa shape index (κ3) is 4.46. The lowest BCUT2D eigenvalue weighted by Crippen LogP contribution is -2.31. The number of benzene rings is 1. The van der Waals surface area contributed by atoms with Gasteiger partial charge in [0.1, 0.15) is 18.1 Å². The molecule has 0 aliphatic carbocycles. The molecule has 134 valence electrons. The summed E-state index contributed by atoms with van der Waals surface area (Å²) in [5.41, 5.74) is -1.15. The summed E-state index contributed by atoms with van der Waals surface area (Å²) in [6.07, 6.45) is -0.985. The first-order valence-corrected chi connectivity index (χ1v) is 8.80. The minimum atomic E-state index is -2.80. The zero-order valence-corrected chi connectivity index (χ0v) is 14.0. The molecule has 3 rings (SSSR count). The SMILES string of the molecule is O=c1ccn(C2C[C@H](O)C(CO[PH](=O)Oc3ccccc3)O2)c(=O)[nH]1. The first-order chi connectivity index (χ1) is 12.0. The fourth-order valence-electron chi connectivity index (χ4n) is 2.45. The van der Waals surface area contributed by atoms with E-state index in [1.165, 1.54) is 16.8 Å². The molecule has 2 aromatic rings. The highest BCUT2D eigenvalue weighted by molar-refractivity contribution is 7.33. The van der Waals surface area contributed by atoms with Gasteiger partial charge in [-0.1, -0.05) is 18.2 Å². The molecule has 0 bridgehead atoms. The van der Waals surface area contributed by atoms with E-state index in [-0.39, 0.29) is 13.0 Å². The van der Waals surface area contributed by atoms with Crippen LogP contribution >= 0.6 is 8.25 Å². The second kappa shape index (κ2) is 7.79. The molecule has 1 aliphatic heterocycles. The van der Waals surface area contributed by atoms with Crippen molar-refractivity contribution in [1.29, 1.82) is 0 Å². The molecular weight excluding hydrogens is 351 g/mol. The van der Waals surface area contributed by atoms with Gasteiger partial charge in [0.2, 0.25) is 0 Å². The third-order valence-corrected chi connectivity index (χ3v) is 4.48. The van der Waals surface area contributed by atoms with Gasteiger partial charge in [0.25, 0.3) is 5.56 Å². The smallest absolute Gasteiger partial charge is 0.367 e. The van der Waals surface area contributed by atoms with Gasteiger partial charge in [-0.25, -0.2) is 9.36 Å². The topological polar surface area (TPSA) is 120 Å². The van der Waals surface area contributed by atoms with Gasteiger partial charge in [-0.05, 0) is 12.1 Å². The summed E-state index contributed by atoms with van der Waals surface area (Å²) in [6, 6.07) is 9.75. The predicted molar refractivity (Wildman–Crippen MR) is 87.9 cm³/mol. The van der Waals surface area contributed by atoms with E-state index in [9.17, 15) is 19.3 Å². The van der Waals surface area contributed by atoms with Crippen LogP contribution in [-0.2, 0) is 13.8 Å². The lowest BCUT2D eigenvalue weighted by Gasteiger charge is -2.16. The van der Waals surface area contributed by atoms with E-state index in [0.717, 1.165) is 0 Å². The average Bonchev–Trinajstić information content (AvgIpc) is 2.94. The van der Waals surface area contributed by atoms with Crippen LogP contribution in [0.2, 0.25) is 0 Å². The number of aliphatic hydroxyl groups excluding tert-OH is 1. The Morgan fingerprint density at radius 1 is 1.28 bits per heavy atom. The number of hydrogen-bond acceptors (Lipinski definition) is 7. The Morgan fingerprint density at radius 2 is 2.04 bits per heavy atom. The monoisotopic (exact) mass is 368 g/mol. The van der Waals surface area contributed by atoms with Crippen LogP contribution < -0.4 is 15.8 Å². The molecule has 1 aromatic heterocycles. The number of nitrogens with one attached hydrogen (secondary N) is 1. The molecule has 3 unspecified atom stereocenters. The normalized spacial score (nSPS) is 24.1. The Morgan fingerprint density at radius 3 is 2.76 bits per heavy atom. The van der Waals surface area contributed by atoms with Crippen molar-refractivity contribution in [3.8, 4) is 5.75 Å². The van der Waals surface area contributed by atoms with Gasteiger partial charge in [0, 0.05) is 18.7 Å². The number of aromatic nitrogens is 2. The Balaban J connectivity index is 1.56. The number of H-pyrrole nitrogens is 1. The second-order valence-electron chi connectivity index (χ2n) is 5.43. The summed E-state index contributed by atoms with van der Waals surface area (Å²) < 4.78 is 28.8. The largest absolute Gasteiger partial charge is 0.426 e. The Labute approximate surface area is 142 Å². The van der Waals surface area contributed by atoms with Gasteiger partial charge >= 0.3 is 13.9 Å². The van der Waals surface area contributed by atoms with Crippen LogP contribution in [-0.4, -0.2) is 33.5 Å². The number of rotatable bonds is 6. The zero-order valence-electron chi connectivity index (χ0n) is 13.0. The molecule has 1 fully saturated rings. The van der Waals surface area contributed by atoms with Crippen LogP contribution in [0.25, 0.3) is 0 Å². The maximum absolute atomic E-state index is 11.8. The first kappa shape index (κ1) is 17.6. The molecule has 0 saturated carbocycles. The summed E-state index contributed by atoms with van der Waals surface area (Å²) in [5.74, 6) is 0.414. The highest BCUT2D eigenvalue weighted by Gasteiger charge is 2.36. The maximum Gasteiger partial charge on any atom is 0.367 e. The van der Waals surface area contributed by atoms with E-state index < -0.39 is 37.9 Å². The Kier molecular flexibility index (Phi) is 5.50. The molecule has 9 nitrogen and oxygen atoms in total. The summed E-state index contributed by atoms with van der Waals surface area (Å²) in [4.78, 5) is 25.0. The van der Waals surface area contributed by atoms with Gasteiger partial charge in [0.05, 0.1) is 12.7 Å². The molecule has 25 heavy (non-hydrogen) atoms. The highest BCUT2D eigenvalue weighted by atomic mass is 31.1. The predicted octanol–water partition coefficient (Wildman–Crippen LogP) is 0.670. The van der Waals surface area contributed by atoms with Crippen LogP contribution in [0, 0.1) is 0 Å². The number of hydrogen-bond donors (Lipinski definition) is 2. The minimum Gasteiger partial charge on any atom is -0.426 e. The summed E-state index contributed by atoms with van der Waals surface area (Å²) in [7, 11) is -2.80. The first-order valence-electron chi connectivity index (χ1n) is 7.57. The quantitative estimate of drug-likeness (QED) is 0.719. The lowest BCUT2D eigenvalue weighted by molar-refractivity contribution is -0.0410. The molecule has 2 N–H and O–H groups in total. The standard InChI is InChI=1S/C15H17N2O7P/c18-11-8-14(17-7-6-13(19)16-15(17)20)23-12(11)9-22-25(21)24-10-4-2-1-3-5-10/h1-7,11-12,14,18,25H,8-9H2,(H,16,19,20)/t11-,12?,14?/m0/s1. The van der Waals surface area contributed by atoms with Crippen LogP contribution in [0.15, 0.2) is 52.2 Å². The number of nitrogens with zero attached hydrogens (tertiary/aromatic N) is 1. The second-order valence-corrected chi connectivity index (χ2v) is 6.42. The zero-order chi connectivity index (χ0) is 17.8. The molecule has 10 heteroatoms. The number of ether oxygens (including phenoxy) is 1. The van der Waals surface area contributed by atoms with E-state index in [1.807, 2.05) is 0 Å². The van der Waals surface area contributed by atoms with Crippen molar-refractivity contribution in [2.24, 2.45) is 0 Å². The van der Waals surface area contributed by atoms with Crippen LogP contribution in [0.1, 0.15) is 12.6 Å². The van der Waals surface area contributed by atoms with Gasteiger partial charge in [-0.3, -0.25) is 18.9 Å². The van der Waals surface area contributed by atoms with E-state index in [2.05, 4.69) is 4.98 Å². The highest BCUT2D eigenvalue weighted by Crippen LogP contribution is 2.32. The molecule has 0 spiro atoms. The van der Waals surface area contributed by atoms with Crippen molar-refractivity contribution in [2.45, 2.75) is 24.9 Å². The van der Waals surface area contributed by atoms with Crippen LogP contribution in [0.4, 0.5) is 0 Å². The van der Waals surface area contributed by atoms with Crippen LogP contribution in [0.3, 0.4) is 0 Å². The van der Waals surface area contributed by atoms with Crippen molar-refractivity contribution in [3.05, 3.63) is 63.4 Å². The summed E-state index contributed by atoms with van der Waals surface area (Å²) >= 11 is 0. The molecule has 0 amide bonds. The van der Waals surface area contributed by atoms with E-state index in [1.54, 1.807) is 30.3 Å². The van der Waals surface area contributed by atoms with Crippen molar-refractivity contribution in [1.82, 2.24) is 9.55 Å². The number of aromatic amines is 1. The van der Waals surface area contributed by atoms with Crippen LogP contribution in [0.5, 0.6) is 5.75 Å². The Bertz CT molecular complexity index is 851. The summed E-state index contributed by atoms with van der Waals surface area (Å²) in [5, 5.41) is 10.0. The van der Waals surface area contributed by atoms with Gasteiger partial charge in [0.15, 0.2) is 0 Å². The van der Waals surface area contributed by atoms with Gasteiger partial charge in [-0.15, -0.1) is 0 Å². The average molecular weight is 368 g/mol. The fraction of sp³-hybridized carbons (Fsp3) is 0.333. The van der Waals surface area contributed by atoms with Crippen molar-refractivity contribution >= 4 is 8.25 Å². The molecular formula is C15H17N2O7P. The maximum atomic E-state index is 11.8. The minimum absolute atomic E-state index is 0.139. The Hall–Kier alpha value is -2.19. The molecule has 1 aliphatic rings. The molecule has 1 saturated heterocycles. The fourth-order valence-corrected chi connectivity index (χ4v) is 3.14. The lowest BCUT2D eigenvalue weighted by atomic mass is 10.2. The molecule has 1 aromatic carbocycles. The van der Waals surface area contributed by atoms with Gasteiger partial charge < -0.3 is 14.4 Å². The molecule has 4 atom stereocenters. The van der Waals surface area contributed by atoms with E-state index in [4.69, 9.17) is 13.8 Å². The summed E-state index contributed by atoms with van der Waals surface area (Å²) in [6.45, 7) is -0.152. The third-order valence-electron chi connectivity index (χ3n) is 3.68. The molecule has 2 heterocycles. The molecule has 0 radical (unpaired) electrons. The van der Waals surface area contributed by atoms with Crippen molar-refractivity contribution in [3.63, 3.8) is 0 Å². The van der Waals surface area contributed by atoms with Crippen molar-refractivity contribution in [2.75, 3.05) is 6.61 Å². The van der Waals surface area contributed by atoms with Crippen molar-refractivity contribution < 1.29 is 23.5 Å². The number of aliphatic hydroxyl groups is 1.